The fourth-order valence-electron chi connectivity index (χ4n) is 2.97. The Morgan fingerprint density at radius 2 is 2.06 bits per heavy atom. The Hall–Kier alpha value is -1.77. The SMILES string of the molecule is CC1=C2c3cc(C)c(O)cc3[C@H](C)C[C@@H]2OC1=O. The average molecular weight is 244 g/mol. The number of hydrogen-bond acceptors (Lipinski definition) is 3. The van der Waals surface area contributed by atoms with Crippen LogP contribution in [0.25, 0.3) is 5.57 Å². The molecule has 0 fully saturated rings. The molecule has 1 aliphatic carbocycles. The molecule has 0 aromatic heterocycles. The molecule has 1 N–H and O–H groups in total. The lowest BCUT2D eigenvalue weighted by Crippen LogP contribution is -2.20. The topological polar surface area (TPSA) is 46.5 Å². The Morgan fingerprint density at radius 1 is 1.33 bits per heavy atom. The van der Waals surface area contributed by atoms with Crippen LogP contribution in [0, 0.1) is 6.92 Å². The first kappa shape index (κ1) is 11.3. The van der Waals surface area contributed by atoms with Crippen LogP contribution in [0.3, 0.4) is 0 Å². The molecule has 0 radical (unpaired) electrons. The van der Waals surface area contributed by atoms with E-state index in [1.807, 2.05) is 26.0 Å². The maximum Gasteiger partial charge on any atom is 0.334 e. The zero-order chi connectivity index (χ0) is 13.0. The summed E-state index contributed by atoms with van der Waals surface area (Å²) < 4.78 is 5.40. The number of ether oxygens (including phenoxy) is 1. The van der Waals surface area contributed by atoms with Crippen LogP contribution in [-0.4, -0.2) is 17.2 Å². The van der Waals surface area contributed by atoms with Gasteiger partial charge in [-0.2, -0.15) is 0 Å². The molecular formula is C15H16O3. The van der Waals surface area contributed by atoms with E-state index in [0.29, 0.717) is 17.2 Å². The van der Waals surface area contributed by atoms with Gasteiger partial charge in [-0.15, -0.1) is 0 Å². The van der Waals surface area contributed by atoms with Crippen molar-refractivity contribution in [2.45, 2.75) is 39.2 Å². The Kier molecular flexibility index (Phi) is 2.27. The third-order valence-electron chi connectivity index (χ3n) is 4.04. The van der Waals surface area contributed by atoms with E-state index in [0.717, 1.165) is 28.7 Å². The Labute approximate surface area is 106 Å². The van der Waals surface area contributed by atoms with Crippen molar-refractivity contribution in [1.82, 2.24) is 0 Å². The molecule has 0 saturated carbocycles. The van der Waals surface area contributed by atoms with Crippen molar-refractivity contribution in [1.29, 1.82) is 0 Å². The molecule has 1 heterocycles. The number of hydrogen-bond donors (Lipinski definition) is 1. The number of phenolic OH excluding ortho intramolecular Hbond substituents is 1. The average Bonchev–Trinajstić information content (AvgIpc) is 2.58. The zero-order valence-electron chi connectivity index (χ0n) is 10.8. The van der Waals surface area contributed by atoms with E-state index in [1.54, 1.807) is 0 Å². The number of fused-ring (bicyclic) bond motifs is 3. The molecule has 18 heavy (non-hydrogen) atoms. The summed E-state index contributed by atoms with van der Waals surface area (Å²) in [5.74, 6) is 0.405. The lowest BCUT2D eigenvalue weighted by Gasteiger charge is -2.29. The zero-order valence-corrected chi connectivity index (χ0v) is 10.8. The van der Waals surface area contributed by atoms with Gasteiger partial charge < -0.3 is 9.84 Å². The minimum atomic E-state index is -0.208. The van der Waals surface area contributed by atoms with Crippen molar-refractivity contribution in [2.75, 3.05) is 0 Å². The standard InChI is InChI=1S/C15H16O3/c1-7-5-13-14(9(3)15(17)18-13)11-4-8(2)12(16)6-10(7)11/h4,6-7,13,16H,5H2,1-3H3/t7-,13+/m1/s1. The summed E-state index contributed by atoms with van der Waals surface area (Å²) >= 11 is 0. The smallest absolute Gasteiger partial charge is 0.334 e. The van der Waals surface area contributed by atoms with Crippen molar-refractivity contribution in [3.05, 3.63) is 34.4 Å². The van der Waals surface area contributed by atoms with Gasteiger partial charge in [-0.05, 0) is 55.0 Å². The van der Waals surface area contributed by atoms with E-state index in [2.05, 4.69) is 6.92 Å². The molecule has 0 bridgehead atoms. The molecule has 0 amide bonds. The maximum absolute atomic E-state index is 11.7. The minimum absolute atomic E-state index is 0.107. The fraction of sp³-hybridized carbons (Fsp3) is 0.400. The van der Waals surface area contributed by atoms with E-state index < -0.39 is 0 Å². The number of carbonyl (C=O) groups excluding carboxylic acids is 1. The lowest BCUT2D eigenvalue weighted by atomic mass is 9.77. The lowest BCUT2D eigenvalue weighted by molar-refractivity contribution is -0.139. The number of phenols is 1. The van der Waals surface area contributed by atoms with Crippen LogP contribution in [-0.2, 0) is 9.53 Å². The Balaban J connectivity index is 2.27. The van der Waals surface area contributed by atoms with E-state index in [9.17, 15) is 9.90 Å². The molecule has 2 aliphatic rings. The molecule has 2 atom stereocenters. The first-order valence-corrected chi connectivity index (χ1v) is 6.24. The van der Waals surface area contributed by atoms with Crippen LogP contribution in [0.4, 0.5) is 0 Å². The van der Waals surface area contributed by atoms with Gasteiger partial charge in [0.1, 0.15) is 11.9 Å². The first-order valence-electron chi connectivity index (χ1n) is 6.24. The highest BCUT2D eigenvalue weighted by molar-refractivity contribution is 6.03. The summed E-state index contributed by atoms with van der Waals surface area (Å²) in [4.78, 5) is 11.7. The second-order valence-corrected chi connectivity index (χ2v) is 5.30. The van der Waals surface area contributed by atoms with Gasteiger partial charge in [0.15, 0.2) is 0 Å². The quantitative estimate of drug-likeness (QED) is 0.714. The predicted octanol–water partition coefficient (Wildman–Crippen LogP) is 2.91. The van der Waals surface area contributed by atoms with Gasteiger partial charge in [0.05, 0.1) is 0 Å². The summed E-state index contributed by atoms with van der Waals surface area (Å²) in [6, 6.07) is 3.79. The minimum Gasteiger partial charge on any atom is -0.508 e. The van der Waals surface area contributed by atoms with Gasteiger partial charge in [0.2, 0.25) is 0 Å². The second-order valence-electron chi connectivity index (χ2n) is 5.30. The summed E-state index contributed by atoms with van der Waals surface area (Å²) in [5.41, 5.74) is 4.73. The summed E-state index contributed by atoms with van der Waals surface area (Å²) in [7, 11) is 0. The number of rotatable bonds is 0. The third-order valence-corrected chi connectivity index (χ3v) is 4.04. The number of esters is 1. The molecular weight excluding hydrogens is 228 g/mol. The summed E-state index contributed by atoms with van der Waals surface area (Å²) in [5, 5.41) is 9.84. The molecule has 0 spiro atoms. The van der Waals surface area contributed by atoms with Crippen LogP contribution < -0.4 is 0 Å². The second kappa shape index (κ2) is 3.61. The highest BCUT2D eigenvalue weighted by Gasteiger charge is 2.38. The highest BCUT2D eigenvalue weighted by atomic mass is 16.5. The van der Waals surface area contributed by atoms with Crippen LogP contribution in [0.15, 0.2) is 17.7 Å². The maximum atomic E-state index is 11.7. The molecule has 94 valence electrons. The number of benzene rings is 1. The molecule has 1 aliphatic heterocycles. The van der Waals surface area contributed by atoms with Crippen molar-refractivity contribution in [3.8, 4) is 5.75 Å². The summed E-state index contributed by atoms with van der Waals surface area (Å²) in [6.07, 6.45) is 0.692. The molecule has 3 rings (SSSR count). The van der Waals surface area contributed by atoms with Gasteiger partial charge in [-0.3, -0.25) is 0 Å². The van der Waals surface area contributed by atoms with Gasteiger partial charge in [-0.25, -0.2) is 4.79 Å². The van der Waals surface area contributed by atoms with Gasteiger partial charge in [-0.1, -0.05) is 6.92 Å². The molecule has 3 heteroatoms. The molecule has 0 saturated heterocycles. The Morgan fingerprint density at radius 3 is 2.78 bits per heavy atom. The van der Waals surface area contributed by atoms with E-state index in [1.165, 1.54) is 0 Å². The number of aryl methyl sites for hydroxylation is 1. The fourth-order valence-corrected chi connectivity index (χ4v) is 2.97. The highest BCUT2D eigenvalue weighted by Crippen LogP contribution is 2.46. The molecule has 1 aromatic rings. The van der Waals surface area contributed by atoms with Crippen molar-refractivity contribution in [2.24, 2.45) is 0 Å². The van der Waals surface area contributed by atoms with Crippen LogP contribution in [0.2, 0.25) is 0 Å². The van der Waals surface area contributed by atoms with Crippen molar-refractivity contribution in [3.63, 3.8) is 0 Å². The number of carbonyl (C=O) groups is 1. The Bertz CT molecular complexity index is 584. The number of aromatic hydroxyl groups is 1. The normalized spacial score (nSPS) is 25.8. The van der Waals surface area contributed by atoms with Gasteiger partial charge in [0.25, 0.3) is 0 Å². The molecule has 0 unspecified atom stereocenters. The van der Waals surface area contributed by atoms with Crippen molar-refractivity contribution >= 4 is 11.5 Å². The van der Waals surface area contributed by atoms with Crippen LogP contribution in [0.1, 0.15) is 42.9 Å². The van der Waals surface area contributed by atoms with Gasteiger partial charge >= 0.3 is 5.97 Å². The largest absolute Gasteiger partial charge is 0.508 e. The third kappa shape index (κ3) is 1.40. The van der Waals surface area contributed by atoms with Crippen LogP contribution >= 0.6 is 0 Å². The molecule has 3 nitrogen and oxygen atoms in total. The van der Waals surface area contributed by atoms with E-state index in [-0.39, 0.29) is 12.1 Å². The predicted molar refractivity (Wildman–Crippen MR) is 68.3 cm³/mol. The van der Waals surface area contributed by atoms with Crippen molar-refractivity contribution < 1.29 is 14.6 Å². The van der Waals surface area contributed by atoms with E-state index in [4.69, 9.17) is 4.74 Å². The molecule has 1 aromatic carbocycles. The van der Waals surface area contributed by atoms with Gasteiger partial charge in [0, 0.05) is 11.1 Å². The van der Waals surface area contributed by atoms with Crippen LogP contribution in [0.5, 0.6) is 5.75 Å². The summed E-state index contributed by atoms with van der Waals surface area (Å²) in [6.45, 7) is 5.79. The first-order chi connectivity index (χ1) is 8.49. The van der Waals surface area contributed by atoms with E-state index >= 15 is 0 Å². The monoisotopic (exact) mass is 244 g/mol.